The molecule has 2 saturated heterocycles. The molecule has 4 rings (SSSR count). The quantitative estimate of drug-likeness (QED) is 0.721. The van der Waals surface area contributed by atoms with Crippen LogP contribution in [0.25, 0.3) is 10.9 Å². The van der Waals surface area contributed by atoms with Crippen molar-refractivity contribution in [3.05, 3.63) is 34.4 Å². The Balaban J connectivity index is 1.66. The molecule has 0 amide bonds. The molecule has 2 atom stereocenters. The average Bonchev–Trinajstić information content (AvgIpc) is 3.03. The first-order valence-electron chi connectivity index (χ1n) is 7.91. The van der Waals surface area contributed by atoms with Crippen molar-refractivity contribution in [3.8, 4) is 0 Å². The smallest absolute Gasteiger partial charge is 0.370 e. The maximum absolute atomic E-state index is 12.9. The number of halogens is 4. The lowest BCUT2D eigenvalue weighted by Gasteiger charge is -2.21. The number of anilines is 1. The van der Waals surface area contributed by atoms with E-state index in [0.717, 1.165) is 49.4 Å². The Labute approximate surface area is 146 Å². The van der Waals surface area contributed by atoms with Gasteiger partial charge >= 0.3 is 6.18 Å². The van der Waals surface area contributed by atoms with Crippen molar-refractivity contribution < 1.29 is 13.2 Å². The van der Waals surface area contributed by atoms with Crippen LogP contribution in [0.3, 0.4) is 0 Å². The minimum absolute atomic E-state index is 0.361. The molecule has 2 aliphatic rings. The molecule has 0 unspecified atom stereocenters. The summed E-state index contributed by atoms with van der Waals surface area (Å²) in [5.74, 6) is 1.34. The van der Waals surface area contributed by atoms with Crippen LogP contribution in [0.2, 0.25) is 0 Å². The van der Waals surface area contributed by atoms with E-state index in [-0.39, 0.29) is 0 Å². The molecule has 2 aliphatic heterocycles. The van der Waals surface area contributed by atoms with E-state index >= 15 is 0 Å². The fraction of sp³-hybridized carbons (Fsp3) is 0.471. The lowest BCUT2D eigenvalue weighted by Crippen LogP contribution is -2.26. The topological polar surface area (TPSA) is 19.4 Å². The third-order valence-corrected chi connectivity index (χ3v) is 5.75. The summed E-state index contributed by atoms with van der Waals surface area (Å²) in [6.07, 6.45) is -2.67. The second-order valence-corrected chi connectivity index (χ2v) is 7.72. The molecule has 0 radical (unpaired) electrons. The highest BCUT2D eigenvalue weighted by molar-refractivity contribution is 9.10. The van der Waals surface area contributed by atoms with Crippen LogP contribution in [0.4, 0.5) is 18.9 Å². The summed E-state index contributed by atoms with van der Waals surface area (Å²) in [5.41, 5.74) is 0.667. The van der Waals surface area contributed by atoms with Gasteiger partial charge in [0.1, 0.15) is 0 Å². The summed E-state index contributed by atoms with van der Waals surface area (Å²) in [4.78, 5) is 8.95. The van der Waals surface area contributed by atoms with Crippen molar-refractivity contribution in [2.75, 3.05) is 38.1 Å². The van der Waals surface area contributed by atoms with E-state index in [1.54, 1.807) is 6.20 Å². The second-order valence-electron chi connectivity index (χ2n) is 6.86. The predicted octanol–water partition coefficient (Wildman–Crippen LogP) is 4.01. The molecule has 1 aromatic carbocycles. The summed E-state index contributed by atoms with van der Waals surface area (Å²) in [6, 6.07) is 4.18. The van der Waals surface area contributed by atoms with Gasteiger partial charge in [-0.25, -0.2) is 0 Å². The maximum atomic E-state index is 12.9. The van der Waals surface area contributed by atoms with Gasteiger partial charge in [0.2, 0.25) is 0 Å². The normalized spacial score (nSPS) is 24.8. The van der Waals surface area contributed by atoms with Crippen molar-refractivity contribution >= 4 is 32.5 Å². The van der Waals surface area contributed by atoms with Crippen LogP contribution in [0.5, 0.6) is 0 Å². The van der Waals surface area contributed by atoms with E-state index in [0.29, 0.717) is 21.8 Å². The Morgan fingerprint density at radius 3 is 2.38 bits per heavy atom. The molecule has 3 heterocycles. The van der Waals surface area contributed by atoms with Crippen LogP contribution in [0.1, 0.15) is 5.56 Å². The van der Waals surface area contributed by atoms with Crippen LogP contribution in [-0.4, -0.2) is 43.1 Å². The van der Waals surface area contributed by atoms with Gasteiger partial charge in [0.25, 0.3) is 0 Å². The molecule has 0 N–H and O–H groups in total. The zero-order valence-electron chi connectivity index (χ0n) is 13.1. The molecule has 2 aromatic rings. The number of alkyl halides is 3. The third-order valence-electron chi connectivity index (χ3n) is 5.10. The number of benzene rings is 1. The van der Waals surface area contributed by atoms with E-state index in [1.807, 2.05) is 6.07 Å². The van der Waals surface area contributed by atoms with E-state index in [1.165, 1.54) is 0 Å². The molecule has 0 bridgehead atoms. The van der Waals surface area contributed by atoms with Gasteiger partial charge in [0, 0.05) is 36.0 Å². The largest absolute Gasteiger partial charge is 0.416 e. The molecule has 24 heavy (non-hydrogen) atoms. The molecule has 7 heteroatoms. The second kappa shape index (κ2) is 5.59. The molecule has 0 aliphatic carbocycles. The Morgan fingerprint density at radius 1 is 1.08 bits per heavy atom. The molecular weight excluding hydrogens is 383 g/mol. The first-order chi connectivity index (χ1) is 11.3. The summed E-state index contributed by atoms with van der Waals surface area (Å²) >= 11 is 3.27. The van der Waals surface area contributed by atoms with Crippen molar-refractivity contribution in [3.63, 3.8) is 0 Å². The van der Waals surface area contributed by atoms with Gasteiger partial charge in [-0.05, 0) is 37.1 Å². The van der Waals surface area contributed by atoms with Crippen molar-refractivity contribution in [1.29, 1.82) is 0 Å². The summed E-state index contributed by atoms with van der Waals surface area (Å²) in [5, 5.41) is 0.717. The molecule has 3 nitrogen and oxygen atoms in total. The lowest BCUT2D eigenvalue weighted by molar-refractivity contribution is -0.137. The SMILES string of the molecule is CN1C[C@@H]2CN(c3cnc4cc(C(F)(F)F)cc(Br)c4c3)C[C@@H]2C1. The van der Waals surface area contributed by atoms with Crippen molar-refractivity contribution in [2.24, 2.45) is 11.8 Å². The number of pyridine rings is 1. The van der Waals surface area contributed by atoms with Crippen LogP contribution in [0, 0.1) is 11.8 Å². The minimum atomic E-state index is -4.37. The minimum Gasteiger partial charge on any atom is -0.370 e. The summed E-state index contributed by atoms with van der Waals surface area (Å²) in [6.45, 7) is 4.20. The van der Waals surface area contributed by atoms with Crippen molar-refractivity contribution in [1.82, 2.24) is 9.88 Å². The Hall–Kier alpha value is -1.34. The van der Waals surface area contributed by atoms with Crippen LogP contribution < -0.4 is 4.90 Å². The average molecular weight is 400 g/mol. The first kappa shape index (κ1) is 16.1. The zero-order chi connectivity index (χ0) is 17.1. The number of fused-ring (bicyclic) bond motifs is 2. The van der Waals surface area contributed by atoms with Crippen molar-refractivity contribution in [2.45, 2.75) is 6.18 Å². The summed E-state index contributed by atoms with van der Waals surface area (Å²) < 4.78 is 39.2. The first-order valence-corrected chi connectivity index (χ1v) is 8.70. The van der Waals surface area contributed by atoms with E-state index in [9.17, 15) is 13.2 Å². The molecule has 1 aromatic heterocycles. The lowest BCUT2D eigenvalue weighted by atomic mass is 10.0. The van der Waals surface area contributed by atoms with Gasteiger partial charge < -0.3 is 9.80 Å². The maximum Gasteiger partial charge on any atom is 0.416 e. The number of hydrogen-bond donors (Lipinski definition) is 0. The van der Waals surface area contributed by atoms with Gasteiger partial charge in [-0.2, -0.15) is 13.2 Å². The standard InChI is InChI=1S/C17H17BrF3N3/c1-23-6-10-8-24(9-11(10)7-23)13-4-14-15(18)2-12(17(19,20)21)3-16(14)22-5-13/h2-5,10-11H,6-9H2,1H3/t10-,11+. The molecular formula is C17H17BrF3N3. The fourth-order valence-corrected chi connectivity index (χ4v) is 4.51. The highest BCUT2D eigenvalue weighted by Crippen LogP contribution is 2.37. The fourth-order valence-electron chi connectivity index (χ4n) is 3.95. The van der Waals surface area contributed by atoms with E-state index < -0.39 is 11.7 Å². The van der Waals surface area contributed by atoms with E-state index in [2.05, 4.69) is 37.8 Å². The third kappa shape index (κ3) is 2.77. The molecule has 128 valence electrons. The Bertz CT molecular complexity index is 778. The van der Waals surface area contributed by atoms with Gasteiger partial charge in [0.15, 0.2) is 0 Å². The highest BCUT2D eigenvalue weighted by atomic mass is 79.9. The van der Waals surface area contributed by atoms with Gasteiger partial charge in [-0.15, -0.1) is 0 Å². The van der Waals surface area contributed by atoms with E-state index in [4.69, 9.17) is 0 Å². The monoisotopic (exact) mass is 399 g/mol. The number of rotatable bonds is 1. The highest BCUT2D eigenvalue weighted by Gasteiger charge is 2.39. The van der Waals surface area contributed by atoms with Crippen LogP contribution >= 0.6 is 15.9 Å². The number of likely N-dealkylation sites (tertiary alicyclic amines) is 1. The zero-order valence-corrected chi connectivity index (χ0v) is 14.7. The molecule has 2 fully saturated rings. The number of hydrogen-bond acceptors (Lipinski definition) is 3. The van der Waals surface area contributed by atoms with Crippen LogP contribution in [-0.2, 0) is 6.18 Å². The predicted molar refractivity (Wildman–Crippen MR) is 91.1 cm³/mol. The Morgan fingerprint density at radius 2 is 1.75 bits per heavy atom. The van der Waals surface area contributed by atoms with Gasteiger partial charge in [-0.1, -0.05) is 15.9 Å². The number of nitrogens with zero attached hydrogens (tertiary/aromatic N) is 3. The van der Waals surface area contributed by atoms with Crippen LogP contribution in [0.15, 0.2) is 28.9 Å². The summed E-state index contributed by atoms with van der Waals surface area (Å²) in [7, 11) is 2.15. The number of aromatic nitrogens is 1. The molecule has 0 spiro atoms. The molecule has 0 saturated carbocycles. The Kier molecular flexibility index (Phi) is 3.76. The van der Waals surface area contributed by atoms with Gasteiger partial charge in [0.05, 0.1) is 23.0 Å². The van der Waals surface area contributed by atoms with Gasteiger partial charge in [-0.3, -0.25) is 4.98 Å².